The fraction of sp³-hybridized carbons (Fsp3) is 0.391. The van der Waals surface area contributed by atoms with E-state index in [4.69, 9.17) is 18.9 Å². The van der Waals surface area contributed by atoms with Crippen LogP contribution in [0, 0.1) is 0 Å². The highest BCUT2D eigenvalue weighted by molar-refractivity contribution is 5.81. The number of methoxy groups -OCH3 is 4. The number of carbonyl (C=O) groups is 2. The highest BCUT2D eigenvalue weighted by Crippen LogP contribution is 2.40. The molecule has 0 aliphatic carbocycles. The van der Waals surface area contributed by atoms with Gasteiger partial charge in [0.2, 0.25) is 5.91 Å². The maximum Gasteiger partial charge on any atom is 0.307 e. The SMILES string of the molecule is COC(=O)CC1c2cc(OC)c(OC)cc2CCN1C(=O)Cc1ccccc1OC. The van der Waals surface area contributed by atoms with Gasteiger partial charge in [-0.1, -0.05) is 18.2 Å². The first-order valence-electron chi connectivity index (χ1n) is 9.75. The monoisotopic (exact) mass is 413 g/mol. The zero-order valence-electron chi connectivity index (χ0n) is 17.8. The van der Waals surface area contributed by atoms with E-state index >= 15 is 0 Å². The molecule has 0 spiro atoms. The van der Waals surface area contributed by atoms with Crippen molar-refractivity contribution in [2.24, 2.45) is 0 Å². The number of para-hydroxylation sites is 1. The van der Waals surface area contributed by atoms with Crippen LogP contribution in [0.25, 0.3) is 0 Å². The van der Waals surface area contributed by atoms with Gasteiger partial charge in [-0.3, -0.25) is 9.59 Å². The van der Waals surface area contributed by atoms with Crippen molar-refractivity contribution >= 4 is 11.9 Å². The number of hydrogen-bond donors (Lipinski definition) is 0. The lowest BCUT2D eigenvalue weighted by Crippen LogP contribution is -2.42. The van der Waals surface area contributed by atoms with Gasteiger partial charge in [-0.2, -0.15) is 0 Å². The molecule has 1 aliphatic heterocycles. The second-order valence-electron chi connectivity index (χ2n) is 7.03. The molecule has 3 rings (SSSR count). The average Bonchev–Trinajstić information content (AvgIpc) is 2.78. The summed E-state index contributed by atoms with van der Waals surface area (Å²) in [5.41, 5.74) is 2.71. The van der Waals surface area contributed by atoms with Gasteiger partial charge in [0.05, 0.1) is 47.3 Å². The van der Waals surface area contributed by atoms with Crippen molar-refractivity contribution in [1.29, 1.82) is 0 Å². The summed E-state index contributed by atoms with van der Waals surface area (Å²) in [7, 11) is 6.08. The molecule has 1 unspecified atom stereocenters. The van der Waals surface area contributed by atoms with Crippen LogP contribution in [0.2, 0.25) is 0 Å². The lowest BCUT2D eigenvalue weighted by atomic mass is 9.89. The van der Waals surface area contributed by atoms with Crippen LogP contribution in [0.15, 0.2) is 36.4 Å². The van der Waals surface area contributed by atoms with Crippen LogP contribution in [-0.2, 0) is 27.2 Å². The third kappa shape index (κ3) is 4.35. The lowest BCUT2D eigenvalue weighted by Gasteiger charge is -2.37. The molecular weight excluding hydrogens is 386 g/mol. The number of amides is 1. The van der Waals surface area contributed by atoms with E-state index in [0.29, 0.717) is 30.2 Å². The first-order chi connectivity index (χ1) is 14.5. The third-order valence-corrected chi connectivity index (χ3v) is 5.44. The largest absolute Gasteiger partial charge is 0.496 e. The molecule has 0 saturated heterocycles. The molecule has 2 aromatic carbocycles. The third-order valence-electron chi connectivity index (χ3n) is 5.44. The number of fused-ring (bicyclic) bond motifs is 1. The minimum atomic E-state index is -0.441. The zero-order valence-corrected chi connectivity index (χ0v) is 17.8. The second kappa shape index (κ2) is 9.52. The molecule has 160 valence electrons. The molecule has 0 aromatic heterocycles. The fourth-order valence-corrected chi connectivity index (χ4v) is 3.90. The van der Waals surface area contributed by atoms with Crippen molar-refractivity contribution in [2.75, 3.05) is 35.0 Å². The van der Waals surface area contributed by atoms with Gasteiger partial charge < -0.3 is 23.8 Å². The minimum absolute atomic E-state index is 0.0661. The van der Waals surface area contributed by atoms with Gasteiger partial charge in [0.15, 0.2) is 11.5 Å². The normalized spacial score (nSPS) is 15.2. The molecule has 0 bridgehead atoms. The Kier molecular flexibility index (Phi) is 6.82. The molecule has 0 saturated carbocycles. The Morgan fingerprint density at radius 3 is 2.30 bits per heavy atom. The van der Waals surface area contributed by atoms with Crippen LogP contribution in [0.4, 0.5) is 0 Å². The summed E-state index contributed by atoms with van der Waals surface area (Å²) >= 11 is 0. The quantitative estimate of drug-likeness (QED) is 0.650. The molecule has 1 aliphatic rings. The number of hydrogen-bond acceptors (Lipinski definition) is 6. The lowest BCUT2D eigenvalue weighted by molar-refractivity contribution is -0.144. The average molecular weight is 413 g/mol. The molecular formula is C23H27NO6. The van der Waals surface area contributed by atoms with Gasteiger partial charge in [0.1, 0.15) is 5.75 Å². The van der Waals surface area contributed by atoms with Crippen molar-refractivity contribution in [2.45, 2.75) is 25.3 Å². The molecule has 0 N–H and O–H groups in total. The minimum Gasteiger partial charge on any atom is -0.496 e. The van der Waals surface area contributed by atoms with Crippen molar-refractivity contribution in [3.05, 3.63) is 53.1 Å². The number of ether oxygens (including phenoxy) is 4. The molecule has 1 atom stereocenters. The Labute approximate surface area is 176 Å². The summed E-state index contributed by atoms with van der Waals surface area (Å²) in [5.74, 6) is 1.40. The van der Waals surface area contributed by atoms with E-state index in [1.54, 1.807) is 26.2 Å². The van der Waals surface area contributed by atoms with E-state index in [1.807, 2.05) is 36.4 Å². The van der Waals surface area contributed by atoms with Crippen LogP contribution in [0.5, 0.6) is 17.2 Å². The smallest absolute Gasteiger partial charge is 0.307 e. The number of carbonyl (C=O) groups excluding carboxylic acids is 2. The van der Waals surface area contributed by atoms with E-state index < -0.39 is 6.04 Å². The van der Waals surface area contributed by atoms with Crippen molar-refractivity contribution in [3.8, 4) is 17.2 Å². The highest BCUT2D eigenvalue weighted by atomic mass is 16.5. The summed E-state index contributed by atoms with van der Waals surface area (Å²) in [5, 5.41) is 0. The van der Waals surface area contributed by atoms with E-state index in [1.165, 1.54) is 7.11 Å². The number of esters is 1. The molecule has 7 nitrogen and oxygen atoms in total. The van der Waals surface area contributed by atoms with E-state index in [9.17, 15) is 9.59 Å². The van der Waals surface area contributed by atoms with Crippen molar-refractivity contribution in [3.63, 3.8) is 0 Å². The maximum absolute atomic E-state index is 13.3. The Morgan fingerprint density at radius 1 is 0.967 bits per heavy atom. The van der Waals surface area contributed by atoms with Crippen molar-refractivity contribution < 1.29 is 28.5 Å². The van der Waals surface area contributed by atoms with Crippen LogP contribution in [0.1, 0.15) is 29.2 Å². The van der Waals surface area contributed by atoms with Gasteiger partial charge in [0.25, 0.3) is 0 Å². The number of rotatable bonds is 7. The Hall–Kier alpha value is -3.22. The molecule has 2 aromatic rings. The van der Waals surface area contributed by atoms with Gasteiger partial charge in [-0.25, -0.2) is 0 Å². The Balaban J connectivity index is 1.96. The van der Waals surface area contributed by atoms with Crippen molar-refractivity contribution in [1.82, 2.24) is 4.90 Å². The first kappa shape index (κ1) is 21.5. The fourth-order valence-electron chi connectivity index (χ4n) is 3.90. The molecule has 1 heterocycles. The van der Waals surface area contributed by atoms with Crippen LogP contribution in [0.3, 0.4) is 0 Å². The van der Waals surface area contributed by atoms with E-state index in [2.05, 4.69) is 0 Å². The van der Waals surface area contributed by atoms with E-state index in [0.717, 1.165) is 16.7 Å². The summed E-state index contributed by atoms with van der Waals surface area (Å²) < 4.78 is 21.1. The zero-order chi connectivity index (χ0) is 21.7. The van der Waals surface area contributed by atoms with Crippen LogP contribution >= 0.6 is 0 Å². The predicted octanol–water partition coefficient (Wildman–Crippen LogP) is 2.94. The Bertz CT molecular complexity index is 926. The summed E-state index contributed by atoms with van der Waals surface area (Å²) in [4.78, 5) is 27.2. The summed E-state index contributed by atoms with van der Waals surface area (Å²) in [6.45, 7) is 0.498. The predicted molar refractivity (Wildman–Crippen MR) is 111 cm³/mol. The molecule has 7 heteroatoms. The standard InChI is InChI=1S/C23H27NO6/c1-27-19-8-6-5-7-16(19)12-22(25)24-10-9-15-11-20(28-2)21(29-3)13-17(15)18(24)14-23(26)30-4/h5-8,11,13,18H,9-10,12,14H2,1-4H3. The Morgan fingerprint density at radius 2 is 1.63 bits per heavy atom. The topological polar surface area (TPSA) is 74.3 Å². The van der Waals surface area contributed by atoms with Crippen LogP contribution < -0.4 is 14.2 Å². The first-order valence-corrected chi connectivity index (χ1v) is 9.75. The number of benzene rings is 2. The molecule has 0 fully saturated rings. The second-order valence-corrected chi connectivity index (χ2v) is 7.03. The van der Waals surface area contributed by atoms with Crippen LogP contribution in [-0.4, -0.2) is 51.8 Å². The maximum atomic E-state index is 13.3. The number of nitrogens with zero attached hydrogens (tertiary/aromatic N) is 1. The molecule has 0 radical (unpaired) electrons. The summed E-state index contributed by atoms with van der Waals surface area (Å²) in [6.07, 6.45) is 0.909. The van der Waals surface area contributed by atoms with Gasteiger partial charge in [-0.05, 0) is 35.7 Å². The van der Waals surface area contributed by atoms with E-state index in [-0.39, 0.29) is 24.7 Å². The van der Waals surface area contributed by atoms with Gasteiger partial charge in [-0.15, -0.1) is 0 Å². The molecule has 30 heavy (non-hydrogen) atoms. The van der Waals surface area contributed by atoms with Gasteiger partial charge in [0, 0.05) is 12.1 Å². The van der Waals surface area contributed by atoms with Gasteiger partial charge >= 0.3 is 5.97 Å². The highest BCUT2D eigenvalue weighted by Gasteiger charge is 2.34. The summed E-state index contributed by atoms with van der Waals surface area (Å²) in [6, 6.07) is 10.8. The molecule has 1 amide bonds.